The number of hydrogen-bond donors (Lipinski definition) is 1. The Hall–Kier alpha value is -2.07. The molecule has 0 aliphatic carbocycles. The molecule has 0 heterocycles. The van der Waals surface area contributed by atoms with Crippen molar-refractivity contribution in [3.63, 3.8) is 0 Å². The van der Waals surface area contributed by atoms with Gasteiger partial charge in [-0.2, -0.15) is 0 Å². The van der Waals surface area contributed by atoms with E-state index in [1.54, 1.807) is 6.07 Å². The zero-order valence-electron chi connectivity index (χ0n) is 10.7. The van der Waals surface area contributed by atoms with Crippen LogP contribution >= 0.6 is 0 Å². The summed E-state index contributed by atoms with van der Waals surface area (Å²) in [7, 11) is 1.53. The summed E-state index contributed by atoms with van der Waals surface area (Å²) in [4.78, 5) is 0. The van der Waals surface area contributed by atoms with Crippen molar-refractivity contribution < 1.29 is 13.9 Å². The molecule has 0 aliphatic heterocycles. The molecular formula is C15H16FNO2. The highest BCUT2D eigenvalue weighted by Gasteiger charge is 2.13. The van der Waals surface area contributed by atoms with Gasteiger partial charge in [0, 0.05) is 5.56 Å². The van der Waals surface area contributed by atoms with Gasteiger partial charge in [-0.25, -0.2) is 4.39 Å². The molecular weight excluding hydrogens is 245 g/mol. The first-order valence-electron chi connectivity index (χ1n) is 5.97. The normalized spacial score (nSPS) is 11.9. The third kappa shape index (κ3) is 3.45. The lowest BCUT2D eigenvalue weighted by Crippen LogP contribution is -2.20. The fourth-order valence-electron chi connectivity index (χ4n) is 1.79. The van der Waals surface area contributed by atoms with Crippen LogP contribution in [0, 0.1) is 5.82 Å². The minimum atomic E-state index is -0.453. The van der Waals surface area contributed by atoms with Gasteiger partial charge in [0.1, 0.15) is 23.9 Å². The SMILES string of the molecule is COc1ccc(F)cc1C(N)COc1ccccc1. The molecule has 2 rings (SSSR count). The molecule has 0 spiro atoms. The van der Waals surface area contributed by atoms with Crippen LogP contribution < -0.4 is 15.2 Å². The van der Waals surface area contributed by atoms with Crippen molar-refractivity contribution in [3.05, 3.63) is 59.9 Å². The van der Waals surface area contributed by atoms with E-state index in [-0.39, 0.29) is 12.4 Å². The Balaban J connectivity index is 2.07. The summed E-state index contributed by atoms with van der Waals surface area (Å²) < 4.78 is 24.0. The van der Waals surface area contributed by atoms with Gasteiger partial charge in [0.25, 0.3) is 0 Å². The van der Waals surface area contributed by atoms with Crippen LogP contribution in [0.2, 0.25) is 0 Å². The van der Waals surface area contributed by atoms with E-state index in [4.69, 9.17) is 15.2 Å². The van der Waals surface area contributed by atoms with Crippen molar-refractivity contribution in [1.29, 1.82) is 0 Å². The summed E-state index contributed by atoms with van der Waals surface area (Å²) in [6.45, 7) is 0.254. The van der Waals surface area contributed by atoms with Crippen LogP contribution in [0.4, 0.5) is 4.39 Å². The monoisotopic (exact) mass is 261 g/mol. The van der Waals surface area contributed by atoms with E-state index >= 15 is 0 Å². The lowest BCUT2D eigenvalue weighted by Gasteiger charge is -2.16. The maximum absolute atomic E-state index is 13.3. The molecule has 0 saturated heterocycles. The largest absolute Gasteiger partial charge is 0.496 e. The quantitative estimate of drug-likeness (QED) is 0.900. The summed E-state index contributed by atoms with van der Waals surface area (Å²) >= 11 is 0. The standard InChI is InChI=1S/C15H16FNO2/c1-18-15-8-7-11(16)9-13(15)14(17)10-19-12-5-3-2-4-6-12/h2-9,14H,10,17H2,1H3. The maximum atomic E-state index is 13.3. The lowest BCUT2D eigenvalue weighted by atomic mass is 10.1. The second-order valence-corrected chi connectivity index (χ2v) is 4.12. The van der Waals surface area contributed by atoms with E-state index in [1.165, 1.54) is 19.2 Å². The molecule has 0 aliphatic rings. The van der Waals surface area contributed by atoms with Gasteiger partial charge in [-0.1, -0.05) is 18.2 Å². The molecule has 0 aromatic heterocycles. The molecule has 2 aromatic carbocycles. The summed E-state index contributed by atoms with van der Waals surface area (Å²) in [6, 6.07) is 13.2. The summed E-state index contributed by atoms with van der Waals surface area (Å²) in [6.07, 6.45) is 0. The van der Waals surface area contributed by atoms with Gasteiger partial charge in [-0.05, 0) is 30.3 Å². The zero-order chi connectivity index (χ0) is 13.7. The summed E-state index contributed by atoms with van der Waals surface area (Å²) in [5.74, 6) is 0.949. The first-order chi connectivity index (χ1) is 9.20. The van der Waals surface area contributed by atoms with E-state index in [0.29, 0.717) is 11.3 Å². The average molecular weight is 261 g/mol. The Morgan fingerprint density at radius 2 is 1.89 bits per heavy atom. The van der Waals surface area contributed by atoms with Crippen molar-refractivity contribution >= 4 is 0 Å². The van der Waals surface area contributed by atoms with Gasteiger partial charge < -0.3 is 15.2 Å². The second-order valence-electron chi connectivity index (χ2n) is 4.12. The molecule has 100 valence electrons. The van der Waals surface area contributed by atoms with E-state index in [0.717, 1.165) is 5.75 Å². The first kappa shape index (κ1) is 13.4. The number of rotatable bonds is 5. The van der Waals surface area contributed by atoms with Crippen molar-refractivity contribution in [3.8, 4) is 11.5 Å². The Morgan fingerprint density at radius 1 is 1.16 bits per heavy atom. The number of methoxy groups -OCH3 is 1. The van der Waals surface area contributed by atoms with E-state index in [9.17, 15) is 4.39 Å². The third-order valence-corrected chi connectivity index (χ3v) is 2.76. The topological polar surface area (TPSA) is 44.5 Å². The van der Waals surface area contributed by atoms with Crippen LogP contribution in [-0.2, 0) is 0 Å². The van der Waals surface area contributed by atoms with Crippen LogP contribution in [0.15, 0.2) is 48.5 Å². The van der Waals surface area contributed by atoms with Crippen LogP contribution in [0.3, 0.4) is 0 Å². The fourth-order valence-corrected chi connectivity index (χ4v) is 1.79. The van der Waals surface area contributed by atoms with Crippen LogP contribution in [0.5, 0.6) is 11.5 Å². The van der Waals surface area contributed by atoms with Crippen molar-refractivity contribution in [2.75, 3.05) is 13.7 Å². The highest BCUT2D eigenvalue weighted by Crippen LogP contribution is 2.25. The number of para-hydroxylation sites is 1. The number of ether oxygens (including phenoxy) is 2. The van der Waals surface area contributed by atoms with Gasteiger partial charge in [-0.3, -0.25) is 0 Å². The first-order valence-corrected chi connectivity index (χ1v) is 5.97. The van der Waals surface area contributed by atoms with Crippen molar-refractivity contribution in [2.24, 2.45) is 5.73 Å². The molecule has 2 N–H and O–H groups in total. The Morgan fingerprint density at radius 3 is 2.58 bits per heavy atom. The smallest absolute Gasteiger partial charge is 0.123 e. The second kappa shape index (κ2) is 6.20. The fraction of sp³-hybridized carbons (Fsp3) is 0.200. The Labute approximate surface area is 111 Å². The van der Waals surface area contributed by atoms with Crippen molar-refractivity contribution in [1.82, 2.24) is 0 Å². The molecule has 1 atom stereocenters. The maximum Gasteiger partial charge on any atom is 0.123 e. The van der Waals surface area contributed by atoms with Crippen molar-refractivity contribution in [2.45, 2.75) is 6.04 Å². The number of hydrogen-bond acceptors (Lipinski definition) is 3. The predicted molar refractivity (Wildman–Crippen MR) is 71.8 cm³/mol. The summed E-state index contributed by atoms with van der Waals surface area (Å²) in [5.41, 5.74) is 6.61. The predicted octanol–water partition coefficient (Wildman–Crippen LogP) is 2.91. The molecule has 0 radical (unpaired) electrons. The van der Waals surface area contributed by atoms with Crippen LogP contribution in [-0.4, -0.2) is 13.7 Å². The average Bonchev–Trinajstić information content (AvgIpc) is 2.46. The minimum Gasteiger partial charge on any atom is -0.496 e. The molecule has 1 unspecified atom stereocenters. The van der Waals surface area contributed by atoms with Gasteiger partial charge in [0.2, 0.25) is 0 Å². The van der Waals surface area contributed by atoms with Crippen LogP contribution in [0.25, 0.3) is 0 Å². The highest BCUT2D eigenvalue weighted by molar-refractivity contribution is 5.36. The summed E-state index contributed by atoms with van der Waals surface area (Å²) in [5, 5.41) is 0. The van der Waals surface area contributed by atoms with E-state index < -0.39 is 6.04 Å². The van der Waals surface area contributed by atoms with Gasteiger partial charge in [0.05, 0.1) is 13.2 Å². The molecule has 4 heteroatoms. The lowest BCUT2D eigenvalue weighted by molar-refractivity contribution is 0.286. The van der Waals surface area contributed by atoms with E-state index in [2.05, 4.69) is 0 Å². The molecule has 19 heavy (non-hydrogen) atoms. The number of nitrogens with two attached hydrogens (primary N) is 1. The third-order valence-electron chi connectivity index (χ3n) is 2.76. The Bertz CT molecular complexity index is 531. The van der Waals surface area contributed by atoms with Gasteiger partial charge in [0.15, 0.2) is 0 Å². The number of benzene rings is 2. The molecule has 0 bridgehead atoms. The van der Waals surface area contributed by atoms with E-state index in [1.807, 2.05) is 30.3 Å². The Kier molecular flexibility index (Phi) is 4.36. The number of halogens is 1. The molecule has 2 aromatic rings. The molecule has 3 nitrogen and oxygen atoms in total. The van der Waals surface area contributed by atoms with Gasteiger partial charge >= 0.3 is 0 Å². The zero-order valence-corrected chi connectivity index (χ0v) is 10.7. The molecule has 0 saturated carbocycles. The molecule has 0 fully saturated rings. The molecule has 0 amide bonds. The van der Waals surface area contributed by atoms with Crippen LogP contribution in [0.1, 0.15) is 11.6 Å². The van der Waals surface area contributed by atoms with Gasteiger partial charge in [-0.15, -0.1) is 0 Å². The minimum absolute atomic E-state index is 0.254. The highest BCUT2D eigenvalue weighted by atomic mass is 19.1.